The van der Waals surface area contributed by atoms with E-state index in [0.717, 1.165) is 16.9 Å². The monoisotopic (exact) mass is 425 g/mol. The summed E-state index contributed by atoms with van der Waals surface area (Å²) in [6.07, 6.45) is 0.546. The summed E-state index contributed by atoms with van der Waals surface area (Å²) in [5, 5.41) is 0.600. The predicted molar refractivity (Wildman–Crippen MR) is 105 cm³/mol. The second kappa shape index (κ2) is 9.31. The van der Waals surface area contributed by atoms with Crippen molar-refractivity contribution in [3.05, 3.63) is 52.5 Å². The number of hydrogen-bond acceptors (Lipinski definition) is 4. The SMILES string of the molecule is CCOc1cc(CN(C)C(=O)C2COc3ccc(Cl)cc3C2)ccc1OC(F)F. The van der Waals surface area contributed by atoms with Crippen molar-refractivity contribution in [3.63, 3.8) is 0 Å². The summed E-state index contributed by atoms with van der Waals surface area (Å²) in [4.78, 5) is 14.5. The Labute approximate surface area is 173 Å². The smallest absolute Gasteiger partial charge is 0.387 e. The number of hydrogen-bond donors (Lipinski definition) is 0. The Hall–Kier alpha value is -2.54. The molecule has 0 radical (unpaired) electrons. The number of nitrogens with zero attached hydrogens (tertiary/aromatic N) is 1. The van der Waals surface area contributed by atoms with E-state index in [4.69, 9.17) is 21.1 Å². The zero-order valence-corrected chi connectivity index (χ0v) is 16.9. The predicted octanol–water partition coefficient (Wildman–Crippen LogP) is 4.55. The lowest BCUT2D eigenvalue weighted by Crippen LogP contribution is -2.38. The molecule has 156 valence electrons. The fraction of sp³-hybridized carbons (Fsp3) is 0.381. The maximum atomic E-state index is 12.9. The lowest BCUT2D eigenvalue weighted by molar-refractivity contribution is -0.136. The van der Waals surface area contributed by atoms with Gasteiger partial charge in [-0.3, -0.25) is 4.79 Å². The minimum absolute atomic E-state index is 0.0336. The van der Waals surface area contributed by atoms with Crippen molar-refractivity contribution in [1.82, 2.24) is 4.90 Å². The molecule has 8 heteroatoms. The van der Waals surface area contributed by atoms with E-state index in [2.05, 4.69) is 4.74 Å². The number of rotatable bonds is 7. The summed E-state index contributed by atoms with van der Waals surface area (Å²) in [5.41, 5.74) is 1.65. The second-order valence-electron chi connectivity index (χ2n) is 6.75. The number of carbonyl (C=O) groups excluding carboxylic acids is 1. The minimum atomic E-state index is -2.94. The Balaban J connectivity index is 1.68. The van der Waals surface area contributed by atoms with E-state index in [1.807, 2.05) is 6.07 Å². The Morgan fingerprint density at radius 2 is 2.07 bits per heavy atom. The van der Waals surface area contributed by atoms with Gasteiger partial charge in [0.15, 0.2) is 11.5 Å². The molecule has 1 atom stereocenters. The van der Waals surface area contributed by atoms with Crippen molar-refractivity contribution in [2.75, 3.05) is 20.3 Å². The minimum Gasteiger partial charge on any atom is -0.492 e. The summed E-state index contributed by atoms with van der Waals surface area (Å²) in [6, 6.07) is 10.0. The quantitative estimate of drug-likeness (QED) is 0.653. The Morgan fingerprint density at radius 3 is 2.79 bits per heavy atom. The van der Waals surface area contributed by atoms with Gasteiger partial charge >= 0.3 is 6.61 Å². The van der Waals surface area contributed by atoms with Gasteiger partial charge in [0.25, 0.3) is 0 Å². The van der Waals surface area contributed by atoms with E-state index in [9.17, 15) is 13.6 Å². The summed E-state index contributed by atoms with van der Waals surface area (Å²) in [6.45, 7) is -0.288. The van der Waals surface area contributed by atoms with E-state index in [0.29, 0.717) is 31.2 Å². The van der Waals surface area contributed by atoms with Crippen LogP contribution in [0.2, 0.25) is 5.02 Å². The van der Waals surface area contributed by atoms with Crippen LogP contribution in [0.5, 0.6) is 17.2 Å². The third-order valence-corrected chi connectivity index (χ3v) is 4.83. The summed E-state index contributed by atoms with van der Waals surface area (Å²) in [7, 11) is 1.69. The van der Waals surface area contributed by atoms with Gasteiger partial charge in [-0.25, -0.2) is 0 Å². The molecule has 0 saturated heterocycles. The van der Waals surface area contributed by atoms with Crippen LogP contribution >= 0.6 is 11.6 Å². The third-order valence-electron chi connectivity index (χ3n) is 4.60. The molecule has 1 heterocycles. The first-order valence-corrected chi connectivity index (χ1v) is 9.62. The molecule has 0 aromatic heterocycles. The molecule has 0 bridgehead atoms. The molecule has 0 fully saturated rings. The van der Waals surface area contributed by atoms with E-state index >= 15 is 0 Å². The summed E-state index contributed by atoms with van der Waals surface area (Å²) >= 11 is 6.04. The molecule has 0 aliphatic carbocycles. The molecule has 0 saturated carbocycles. The lowest BCUT2D eigenvalue weighted by Gasteiger charge is -2.28. The molecule has 1 aliphatic rings. The maximum absolute atomic E-state index is 12.9. The number of carbonyl (C=O) groups is 1. The topological polar surface area (TPSA) is 48.0 Å². The highest BCUT2D eigenvalue weighted by Crippen LogP contribution is 2.32. The average Bonchev–Trinajstić information content (AvgIpc) is 2.68. The number of alkyl halides is 2. The van der Waals surface area contributed by atoms with Gasteiger partial charge in [0.1, 0.15) is 12.4 Å². The first-order chi connectivity index (χ1) is 13.9. The highest BCUT2D eigenvalue weighted by molar-refractivity contribution is 6.30. The zero-order valence-electron chi connectivity index (χ0n) is 16.2. The first kappa shape index (κ1) is 21.2. The van der Waals surface area contributed by atoms with Crippen LogP contribution in [0, 0.1) is 5.92 Å². The molecule has 0 spiro atoms. The van der Waals surface area contributed by atoms with Gasteiger partial charge in [-0.15, -0.1) is 0 Å². The van der Waals surface area contributed by atoms with Crippen molar-refractivity contribution in [2.24, 2.45) is 5.92 Å². The fourth-order valence-corrected chi connectivity index (χ4v) is 3.49. The normalized spacial score (nSPS) is 15.4. The van der Waals surface area contributed by atoms with Gasteiger partial charge in [0.05, 0.1) is 12.5 Å². The van der Waals surface area contributed by atoms with Crippen LogP contribution in [0.25, 0.3) is 0 Å². The van der Waals surface area contributed by atoms with Crippen molar-refractivity contribution in [3.8, 4) is 17.2 Å². The van der Waals surface area contributed by atoms with E-state index in [1.54, 1.807) is 43.1 Å². The molecule has 1 amide bonds. The molecule has 1 aliphatic heterocycles. The standard InChI is InChI=1S/C21H22ClF2NO4/c1-3-27-19-8-13(4-6-18(19)29-21(23)24)11-25(2)20(26)15-9-14-10-16(22)5-7-17(14)28-12-15/h4-8,10,15,21H,3,9,11-12H2,1-2H3. The highest BCUT2D eigenvalue weighted by Gasteiger charge is 2.28. The van der Waals surface area contributed by atoms with Gasteiger partial charge in [-0.05, 0) is 54.8 Å². The van der Waals surface area contributed by atoms with E-state index < -0.39 is 6.61 Å². The molecule has 29 heavy (non-hydrogen) atoms. The van der Waals surface area contributed by atoms with Gasteiger partial charge in [0, 0.05) is 18.6 Å². The van der Waals surface area contributed by atoms with Gasteiger partial charge in [0.2, 0.25) is 5.91 Å². The largest absolute Gasteiger partial charge is 0.492 e. The van der Waals surface area contributed by atoms with Crippen LogP contribution < -0.4 is 14.2 Å². The fourth-order valence-electron chi connectivity index (χ4n) is 3.30. The maximum Gasteiger partial charge on any atom is 0.387 e. The molecule has 0 N–H and O–H groups in total. The number of halogens is 3. The Morgan fingerprint density at radius 1 is 1.28 bits per heavy atom. The number of amides is 1. The highest BCUT2D eigenvalue weighted by atomic mass is 35.5. The molecule has 5 nitrogen and oxygen atoms in total. The molecule has 2 aromatic rings. The van der Waals surface area contributed by atoms with Crippen LogP contribution in [0.4, 0.5) is 8.78 Å². The van der Waals surface area contributed by atoms with Gasteiger partial charge in [-0.1, -0.05) is 17.7 Å². The molecular formula is C21H22ClF2NO4. The summed E-state index contributed by atoms with van der Waals surface area (Å²) < 4.78 is 40.7. The zero-order chi connectivity index (χ0) is 21.0. The molecule has 1 unspecified atom stereocenters. The Bertz CT molecular complexity index is 878. The number of benzene rings is 2. The van der Waals surface area contributed by atoms with Crippen molar-refractivity contribution >= 4 is 17.5 Å². The lowest BCUT2D eigenvalue weighted by atomic mass is 9.95. The van der Waals surface area contributed by atoms with E-state index in [1.165, 1.54) is 6.07 Å². The molecule has 3 rings (SSSR count). The van der Waals surface area contributed by atoms with Crippen LogP contribution in [0.3, 0.4) is 0 Å². The Kier molecular flexibility index (Phi) is 6.79. The third kappa shape index (κ3) is 5.29. The molecule has 2 aromatic carbocycles. The van der Waals surface area contributed by atoms with Crippen molar-refractivity contribution in [1.29, 1.82) is 0 Å². The van der Waals surface area contributed by atoms with Gasteiger partial charge in [-0.2, -0.15) is 8.78 Å². The van der Waals surface area contributed by atoms with Crippen LogP contribution in [0.1, 0.15) is 18.1 Å². The second-order valence-corrected chi connectivity index (χ2v) is 7.19. The summed E-state index contributed by atoms with van der Waals surface area (Å²) in [5.74, 6) is 0.543. The van der Waals surface area contributed by atoms with E-state index in [-0.39, 0.29) is 23.3 Å². The van der Waals surface area contributed by atoms with Crippen LogP contribution in [-0.4, -0.2) is 37.7 Å². The van der Waals surface area contributed by atoms with Crippen molar-refractivity contribution < 1.29 is 27.8 Å². The van der Waals surface area contributed by atoms with Crippen LogP contribution in [-0.2, 0) is 17.8 Å². The van der Waals surface area contributed by atoms with Crippen LogP contribution in [0.15, 0.2) is 36.4 Å². The number of fused-ring (bicyclic) bond motifs is 1. The van der Waals surface area contributed by atoms with Crippen molar-refractivity contribution in [2.45, 2.75) is 26.5 Å². The average molecular weight is 426 g/mol. The number of ether oxygens (including phenoxy) is 3. The first-order valence-electron chi connectivity index (χ1n) is 9.24. The molecular weight excluding hydrogens is 404 g/mol. The van der Waals surface area contributed by atoms with Gasteiger partial charge < -0.3 is 19.1 Å².